The predicted octanol–water partition coefficient (Wildman–Crippen LogP) is 0.924. The van der Waals surface area contributed by atoms with E-state index >= 15 is 0 Å². The van der Waals surface area contributed by atoms with E-state index in [1.165, 1.54) is 5.56 Å². The summed E-state index contributed by atoms with van der Waals surface area (Å²) >= 11 is 0. The van der Waals surface area contributed by atoms with Crippen molar-refractivity contribution < 1.29 is 9.90 Å². The first-order chi connectivity index (χ1) is 9.06. The molecule has 1 aliphatic heterocycles. The van der Waals surface area contributed by atoms with Crippen LogP contribution >= 0.6 is 0 Å². The standard InChI is InChI=1S/C15H22N2O2/c1-11-5-3-4-6-13(11)7-16-15(19)10-17-8-12(2)14(18)9-17/h3-6,12,14,18H,7-10H2,1-2H3,(H,16,19)/t12-,14-/m1/s1. The number of nitrogens with zero attached hydrogens (tertiary/aromatic N) is 1. The number of carbonyl (C=O) groups excluding carboxylic acids is 1. The quantitative estimate of drug-likeness (QED) is 0.848. The molecule has 1 aliphatic rings. The molecule has 1 saturated heterocycles. The second kappa shape index (κ2) is 6.17. The molecular formula is C15H22N2O2. The molecular weight excluding hydrogens is 240 g/mol. The van der Waals surface area contributed by atoms with Crippen molar-refractivity contribution in [1.29, 1.82) is 0 Å². The van der Waals surface area contributed by atoms with Crippen molar-refractivity contribution in [2.24, 2.45) is 5.92 Å². The second-order valence-corrected chi connectivity index (χ2v) is 5.44. The Labute approximate surface area is 114 Å². The van der Waals surface area contributed by atoms with Gasteiger partial charge in [0.25, 0.3) is 0 Å². The lowest BCUT2D eigenvalue weighted by Gasteiger charge is -2.15. The summed E-state index contributed by atoms with van der Waals surface area (Å²) in [5, 5.41) is 12.6. The van der Waals surface area contributed by atoms with Crippen molar-refractivity contribution in [3.63, 3.8) is 0 Å². The highest BCUT2D eigenvalue weighted by Crippen LogP contribution is 2.15. The van der Waals surface area contributed by atoms with Gasteiger partial charge >= 0.3 is 0 Å². The highest BCUT2D eigenvalue weighted by Gasteiger charge is 2.28. The van der Waals surface area contributed by atoms with Gasteiger partial charge in [0, 0.05) is 19.6 Å². The first-order valence-corrected chi connectivity index (χ1v) is 6.78. The molecule has 0 aromatic heterocycles. The Morgan fingerprint density at radius 1 is 1.42 bits per heavy atom. The van der Waals surface area contributed by atoms with Crippen molar-refractivity contribution in [2.75, 3.05) is 19.6 Å². The van der Waals surface area contributed by atoms with Gasteiger partial charge < -0.3 is 10.4 Å². The smallest absolute Gasteiger partial charge is 0.234 e. The molecule has 4 heteroatoms. The summed E-state index contributed by atoms with van der Waals surface area (Å²) in [6.45, 7) is 6.37. The molecule has 1 aromatic rings. The molecule has 1 heterocycles. The number of β-amino-alcohol motifs (C(OH)–C–C–N with tert-alkyl or cyclic N) is 1. The monoisotopic (exact) mass is 262 g/mol. The molecule has 19 heavy (non-hydrogen) atoms. The number of hydrogen-bond donors (Lipinski definition) is 2. The number of carbonyl (C=O) groups is 1. The number of aliphatic hydroxyl groups is 1. The van der Waals surface area contributed by atoms with Crippen LogP contribution in [0.4, 0.5) is 0 Å². The Balaban J connectivity index is 1.78. The number of amides is 1. The number of aliphatic hydroxyl groups excluding tert-OH is 1. The molecule has 1 fully saturated rings. The normalized spacial score (nSPS) is 23.5. The number of benzene rings is 1. The van der Waals surface area contributed by atoms with E-state index in [1.54, 1.807) is 0 Å². The fourth-order valence-corrected chi connectivity index (χ4v) is 2.44. The average molecular weight is 262 g/mol. The molecule has 2 N–H and O–H groups in total. The highest BCUT2D eigenvalue weighted by molar-refractivity contribution is 5.78. The van der Waals surface area contributed by atoms with E-state index < -0.39 is 0 Å². The first-order valence-electron chi connectivity index (χ1n) is 6.78. The number of rotatable bonds is 4. The fraction of sp³-hybridized carbons (Fsp3) is 0.533. The van der Waals surface area contributed by atoms with Gasteiger partial charge in [0.2, 0.25) is 5.91 Å². The average Bonchev–Trinajstić information content (AvgIpc) is 2.67. The molecule has 104 valence electrons. The van der Waals surface area contributed by atoms with Crippen LogP contribution in [0.25, 0.3) is 0 Å². The SMILES string of the molecule is Cc1ccccc1CNC(=O)CN1C[C@@H](C)[C@H](O)C1. The molecule has 2 rings (SSSR count). The summed E-state index contributed by atoms with van der Waals surface area (Å²) in [6, 6.07) is 8.04. The zero-order chi connectivity index (χ0) is 13.8. The number of hydrogen-bond acceptors (Lipinski definition) is 3. The lowest BCUT2D eigenvalue weighted by Crippen LogP contribution is -2.36. The van der Waals surface area contributed by atoms with Crippen molar-refractivity contribution >= 4 is 5.91 Å². The molecule has 0 bridgehead atoms. The fourth-order valence-electron chi connectivity index (χ4n) is 2.44. The van der Waals surface area contributed by atoms with Crippen LogP contribution in [0.5, 0.6) is 0 Å². The van der Waals surface area contributed by atoms with Gasteiger partial charge in [-0.15, -0.1) is 0 Å². The van der Waals surface area contributed by atoms with Crippen molar-refractivity contribution in [3.8, 4) is 0 Å². The molecule has 0 aliphatic carbocycles. The topological polar surface area (TPSA) is 52.6 Å². The third-order valence-corrected chi connectivity index (χ3v) is 3.75. The molecule has 2 atom stereocenters. The minimum absolute atomic E-state index is 0.0181. The lowest BCUT2D eigenvalue weighted by molar-refractivity contribution is -0.122. The number of aryl methyl sites for hydroxylation is 1. The lowest BCUT2D eigenvalue weighted by atomic mass is 10.1. The Morgan fingerprint density at radius 3 is 2.79 bits per heavy atom. The van der Waals surface area contributed by atoms with Crippen molar-refractivity contribution in [1.82, 2.24) is 10.2 Å². The summed E-state index contributed by atoms with van der Waals surface area (Å²) in [6.07, 6.45) is -0.302. The molecule has 1 aromatic carbocycles. The molecule has 0 spiro atoms. The van der Waals surface area contributed by atoms with E-state index in [-0.39, 0.29) is 17.9 Å². The van der Waals surface area contributed by atoms with Crippen LogP contribution in [0.1, 0.15) is 18.1 Å². The van der Waals surface area contributed by atoms with Gasteiger partial charge in [0.1, 0.15) is 0 Å². The van der Waals surface area contributed by atoms with E-state index in [0.29, 0.717) is 19.6 Å². The van der Waals surface area contributed by atoms with Crippen LogP contribution in [0.3, 0.4) is 0 Å². The van der Waals surface area contributed by atoms with E-state index in [0.717, 1.165) is 12.1 Å². The Bertz CT molecular complexity index is 438. The summed E-state index contributed by atoms with van der Waals surface area (Å²) in [5.74, 6) is 0.272. The summed E-state index contributed by atoms with van der Waals surface area (Å²) < 4.78 is 0. The Hall–Kier alpha value is -1.39. The summed E-state index contributed by atoms with van der Waals surface area (Å²) in [4.78, 5) is 13.9. The second-order valence-electron chi connectivity index (χ2n) is 5.44. The van der Waals surface area contributed by atoms with Gasteiger partial charge in [-0.25, -0.2) is 0 Å². The van der Waals surface area contributed by atoms with Gasteiger partial charge in [-0.3, -0.25) is 9.69 Å². The first kappa shape index (κ1) is 14.0. The van der Waals surface area contributed by atoms with E-state index in [9.17, 15) is 9.90 Å². The zero-order valence-electron chi connectivity index (χ0n) is 11.6. The Kier molecular flexibility index (Phi) is 4.56. The van der Waals surface area contributed by atoms with Crippen LogP contribution in [0.2, 0.25) is 0 Å². The largest absolute Gasteiger partial charge is 0.391 e. The van der Waals surface area contributed by atoms with Gasteiger partial charge in [-0.2, -0.15) is 0 Å². The van der Waals surface area contributed by atoms with E-state index in [1.807, 2.05) is 43.0 Å². The van der Waals surface area contributed by atoms with Crippen LogP contribution < -0.4 is 5.32 Å². The maximum Gasteiger partial charge on any atom is 0.234 e. The molecule has 0 saturated carbocycles. The van der Waals surface area contributed by atoms with Gasteiger partial charge in [0.05, 0.1) is 12.6 Å². The molecule has 0 radical (unpaired) electrons. The maximum atomic E-state index is 11.9. The summed E-state index contributed by atoms with van der Waals surface area (Å²) in [5.41, 5.74) is 2.33. The van der Waals surface area contributed by atoms with Gasteiger partial charge in [-0.1, -0.05) is 31.2 Å². The van der Waals surface area contributed by atoms with Crippen LogP contribution in [-0.4, -0.2) is 41.7 Å². The van der Waals surface area contributed by atoms with Crippen molar-refractivity contribution in [3.05, 3.63) is 35.4 Å². The van der Waals surface area contributed by atoms with Crippen molar-refractivity contribution in [2.45, 2.75) is 26.5 Å². The molecule has 4 nitrogen and oxygen atoms in total. The molecule has 1 amide bonds. The Morgan fingerprint density at radius 2 is 2.16 bits per heavy atom. The molecule has 0 unspecified atom stereocenters. The number of likely N-dealkylation sites (tertiary alicyclic amines) is 1. The van der Waals surface area contributed by atoms with Gasteiger partial charge in [0.15, 0.2) is 0 Å². The minimum Gasteiger partial charge on any atom is -0.391 e. The number of nitrogens with one attached hydrogen (secondary N) is 1. The maximum absolute atomic E-state index is 11.9. The summed E-state index contributed by atoms with van der Waals surface area (Å²) in [7, 11) is 0. The van der Waals surface area contributed by atoms with Crippen LogP contribution in [-0.2, 0) is 11.3 Å². The van der Waals surface area contributed by atoms with E-state index in [2.05, 4.69) is 5.32 Å². The third-order valence-electron chi connectivity index (χ3n) is 3.75. The van der Waals surface area contributed by atoms with E-state index in [4.69, 9.17) is 0 Å². The van der Waals surface area contributed by atoms with Gasteiger partial charge in [-0.05, 0) is 24.0 Å². The minimum atomic E-state index is -0.302. The zero-order valence-corrected chi connectivity index (χ0v) is 11.6. The highest BCUT2D eigenvalue weighted by atomic mass is 16.3. The third kappa shape index (κ3) is 3.78. The van der Waals surface area contributed by atoms with Crippen LogP contribution in [0, 0.1) is 12.8 Å². The predicted molar refractivity (Wildman–Crippen MR) is 74.6 cm³/mol. The van der Waals surface area contributed by atoms with Crippen LogP contribution in [0.15, 0.2) is 24.3 Å².